The van der Waals surface area contributed by atoms with Crippen LogP contribution in [-0.2, 0) is 14.4 Å². The zero-order chi connectivity index (χ0) is 13.0. The van der Waals surface area contributed by atoms with Crippen molar-refractivity contribution >= 4 is 17.7 Å². The van der Waals surface area contributed by atoms with E-state index in [1.54, 1.807) is 18.1 Å². The lowest BCUT2D eigenvalue weighted by Gasteiger charge is -2.32. The molecule has 0 amide bonds. The Balaban J connectivity index is 2.31. The van der Waals surface area contributed by atoms with Gasteiger partial charge in [-0.15, -0.1) is 0 Å². The minimum Gasteiger partial charge on any atom is -0.464 e. The van der Waals surface area contributed by atoms with Crippen LogP contribution in [0.1, 0.15) is 19.4 Å². The SMILES string of the molecule is CCOC(=O)C1C=Cc2ccccc2N1OCC. The first-order valence-corrected chi connectivity index (χ1v) is 6.14. The van der Waals surface area contributed by atoms with E-state index < -0.39 is 6.04 Å². The highest BCUT2D eigenvalue weighted by atomic mass is 16.7. The lowest BCUT2D eigenvalue weighted by molar-refractivity contribution is -0.145. The molecule has 4 nitrogen and oxygen atoms in total. The van der Waals surface area contributed by atoms with Crippen LogP contribution in [0.5, 0.6) is 0 Å². The Kier molecular flexibility index (Phi) is 3.99. The highest BCUT2D eigenvalue weighted by molar-refractivity contribution is 5.87. The summed E-state index contributed by atoms with van der Waals surface area (Å²) in [7, 11) is 0. The van der Waals surface area contributed by atoms with Gasteiger partial charge in [-0.25, -0.2) is 9.86 Å². The van der Waals surface area contributed by atoms with Gasteiger partial charge in [0.25, 0.3) is 0 Å². The molecule has 1 aliphatic rings. The maximum Gasteiger partial charge on any atom is 0.335 e. The number of hydroxylamine groups is 1. The first-order valence-electron chi connectivity index (χ1n) is 6.14. The molecule has 0 aromatic heterocycles. The molecule has 0 spiro atoms. The number of fused-ring (bicyclic) bond motifs is 1. The summed E-state index contributed by atoms with van der Waals surface area (Å²) >= 11 is 0. The number of carbonyl (C=O) groups is 1. The normalized spacial score (nSPS) is 17.4. The number of esters is 1. The summed E-state index contributed by atoms with van der Waals surface area (Å²) in [5.41, 5.74) is 1.92. The molecule has 0 fully saturated rings. The smallest absolute Gasteiger partial charge is 0.335 e. The van der Waals surface area contributed by atoms with Crippen LogP contribution in [0.4, 0.5) is 5.69 Å². The zero-order valence-electron chi connectivity index (χ0n) is 10.6. The molecule has 0 bridgehead atoms. The molecule has 4 heteroatoms. The molecule has 1 aliphatic heterocycles. The molecule has 0 N–H and O–H groups in total. The summed E-state index contributed by atoms with van der Waals surface area (Å²) in [6.45, 7) is 4.55. The van der Waals surface area contributed by atoms with Crippen molar-refractivity contribution in [2.75, 3.05) is 18.3 Å². The molecule has 1 atom stereocenters. The van der Waals surface area contributed by atoms with Crippen molar-refractivity contribution in [3.63, 3.8) is 0 Å². The van der Waals surface area contributed by atoms with Gasteiger partial charge in [0.05, 0.1) is 18.9 Å². The third-order valence-electron chi connectivity index (χ3n) is 2.68. The second-order valence-electron chi connectivity index (χ2n) is 3.86. The van der Waals surface area contributed by atoms with Crippen LogP contribution in [0.2, 0.25) is 0 Å². The Morgan fingerprint density at radius 3 is 2.78 bits per heavy atom. The largest absolute Gasteiger partial charge is 0.464 e. The number of hydrogen-bond acceptors (Lipinski definition) is 4. The van der Waals surface area contributed by atoms with Crippen LogP contribution in [0.25, 0.3) is 6.08 Å². The zero-order valence-corrected chi connectivity index (χ0v) is 10.6. The van der Waals surface area contributed by atoms with Gasteiger partial charge in [-0.3, -0.25) is 4.84 Å². The van der Waals surface area contributed by atoms with Gasteiger partial charge < -0.3 is 4.74 Å². The van der Waals surface area contributed by atoms with E-state index in [4.69, 9.17) is 9.57 Å². The Morgan fingerprint density at radius 2 is 2.06 bits per heavy atom. The number of ether oxygens (including phenoxy) is 1. The van der Waals surface area contributed by atoms with E-state index in [2.05, 4.69) is 0 Å². The summed E-state index contributed by atoms with van der Waals surface area (Å²) < 4.78 is 5.06. The van der Waals surface area contributed by atoms with Crippen molar-refractivity contribution < 1.29 is 14.4 Å². The number of nitrogens with zero attached hydrogens (tertiary/aromatic N) is 1. The fourth-order valence-electron chi connectivity index (χ4n) is 1.94. The fraction of sp³-hybridized carbons (Fsp3) is 0.357. The summed E-state index contributed by atoms with van der Waals surface area (Å²) in [6, 6.07) is 7.28. The molecule has 18 heavy (non-hydrogen) atoms. The second kappa shape index (κ2) is 5.69. The van der Waals surface area contributed by atoms with E-state index in [0.717, 1.165) is 11.3 Å². The molecular weight excluding hydrogens is 230 g/mol. The van der Waals surface area contributed by atoms with Crippen LogP contribution in [0.3, 0.4) is 0 Å². The molecule has 0 radical (unpaired) electrons. The minimum atomic E-state index is -0.514. The highest BCUT2D eigenvalue weighted by Crippen LogP contribution is 2.29. The van der Waals surface area contributed by atoms with Gasteiger partial charge in [0, 0.05) is 0 Å². The first kappa shape index (κ1) is 12.6. The predicted molar refractivity (Wildman–Crippen MR) is 70.0 cm³/mol. The monoisotopic (exact) mass is 247 g/mol. The fourth-order valence-corrected chi connectivity index (χ4v) is 1.94. The summed E-state index contributed by atoms with van der Waals surface area (Å²) in [4.78, 5) is 17.5. The van der Waals surface area contributed by atoms with Crippen molar-refractivity contribution in [1.82, 2.24) is 0 Å². The predicted octanol–water partition coefficient (Wildman–Crippen LogP) is 2.40. The lowest BCUT2D eigenvalue weighted by atomic mass is 10.1. The Bertz CT molecular complexity index is 456. The standard InChI is InChI=1S/C14H17NO3/c1-3-17-14(16)13-10-9-11-7-5-6-8-12(11)15(13)18-4-2/h5-10,13H,3-4H2,1-2H3. The minimum absolute atomic E-state index is 0.295. The van der Waals surface area contributed by atoms with Crippen LogP contribution in [0, 0.1) is 0 Å². The van der Waals surface area contributed by atoms with E-state index in [-0.39, 0.29) is 5.97 Å². The molecule has 0 saturated heterocycles. The topological polar surface area (TPSA) is 38.8 Å². The average Bonchev–Trinajstić information content (AvgIpc) is 2.39. The van der Waals surface area contributed by atoms with E-state index in [1.807, 2.05) is 37.3 Å². The summed E-state index contributed by atoms with van der Waals surface area (Å²) in [6.07, 6.45) is 3.72. The Labute approximate surface area is 107 Å². The van der Waals surface area contributed by atoms with Gasteiger partial charge in [-0.2, -0.15) is 0 Å². The van der Waals surface area contributed by atoms with Gasteiger partial charge in [0.15, 0.2) is 6.04 Å². The van der Waals surface area contributed by atoms with Crippen molar-refractivity contribution in [3.8, 4) is 0 Å². The number of rotatable bonds is 4. The average molecular weight is 247 g/mol. The Hall–Kier alpha value is -1.81. The molecule has 2 rings (SSSR count). The van der Waals surface area contributed by atoms with Crippen molar-refractivity contribution in [2.24, 2.45) is 0 Å². The van der Waals surface area contributed by atoms with Gasteiger partial charge >= 0.3 is 5.97 Å². The second-order valence-corrected chi connectivity index (χ2v) is 3.86. The summed E-state index contributed by atoms with van der Waals surface area (Å²) in [5, 5.41) is 1.62. The maximum atomic E-state index is 11.9. The van der Waals surface area contributed by atoms with Crippen LogP contribution < -0.4 is 5.06 Å². The van der Waals surface area contributed by atoms with E-state index in [1.165, 1.54) is 0 Å². The Morgan fingerprint density at radius 1 is 1.28 bits per heavy atom. The molecule has 1 unspecified atom stereocenters. The molecule has 1 heterocycles. The highest BCUT2D eigenvalue weighted by Gasteiger charge is 2.29. The van der Waals surface area contributed by atoms with Gasteiger partial charge in [0.1, 0.15) is 0 Å². The van der Waals surface area contributed by atoms with Gasteiger partial charge in [-0.05, 0) is 31.6 Å². The van der Waals surface area contributed by atoms with Crippen LogP contribution >= 0.6 is 0 Å². The number of para-hydroxylation sites is 1. The van der Waals surface area contributed by atoms with Crippen molar-refractivity contribution in [1.29, 1.82) is 0 Å². The number of hydrogen-bond donors (Lipinski definition) is 0. The van der Waals surface area contributed by atoms with Crippen LogP contribution in [-0.4, -0.2) is 25.2 Å². The third kappa shape index (κ3) is 2.38. The molecular formula is C14H17NO3. The molecule has 0 aliphatic carbocycles. The van der Waals surface area contributed by atoms with E-state index >= 15 is 0 Å². The molecule has 0 saturated carbocycles. The van der Waals surface area contributed by atoms with Gasteiger partial charge in [-0.1, -0.05) is 24.3 Å². The molecule has 96 valence electrons. The van der Waals surface area contributed by atoms with Crippen LogP contribution in [0.15, 0.2) is 30.3 Å². The maximum absolute atomic E-state index is 11.9. The molecule has 1 aromatic rings. The van der Waals surface area contributed by atoms with Gasteiger partial charge in [0.2, 0.25) is 0 Å². The number of benzene rings is 1. The van der Waals surface area contributed by atoms with E-state index in [9.17, 15) is 4.79 Å². The van der Waals surface area contributed by atoms with Crippen molar-refractivity contribution in [2.45, 2.75) is 19.9 Å². The van der Waals surface area contributed by atoms with Crippen molar-refractivity contribution in [3.05, 3.63) is 35.9 Å². The quantitative estimate of drug-likeness (QED) is 0.766. The number of anilines is 1. The first-order chi connectivity index (χ1) is 8.77. The molecule has 1 aromatic carbocycles. The lowest BCUT2D eigenvalue weighted by Crippen LogP contribution is -2.42. The third-order valence-corrected chi connectivity index (χ3v) is 2.68. The number of carbonyl (C=O) groups excluding carboxylic acids is 1. The summed E-state index contributed by atoms with van der Waals surface area (Å²) in [5.74, 6) is -0.295. The van der Waals surface area contributed by atoms with E-state index in [0.29, 0.717) is 13.2 Å².